The van der Waals surface area contributed by atoms with Gasteiger partial charge in [0.15, 0.2) is 19.1 Å². The van der Waals surface area contributed by atoms with Crippen LogP contribution < -0.4 is 26.9 Å². The van der Waals surface area contributed by atoms with Crippen molar-refractivity contribution in [2.75, 3.05) is 26.4 Å². The Kier molecular flexibility index (Phi) is 14.9. The van der Waals surface area contributed by atoms with Gasteiger partial charge in [-0.3, -0.25) is 28.2 Å². The predicted molar refractivity (Wildman–Crippen MR) is 191 cm³/mol. The maximum Gasteiger partial charge on any atom is 0.483 e. The number of hydrogen-bond acceptors (Lipinski definition) is 20. The molecule has 2 saturated heterocycles. The number of carbonyl (C=O) groups is 1. The Morgan fingerprint density at radius 3 is 2.47 bits per heavy atom. The van der Waals surface area contributed by atoms with E-state index >= 15 is 0 Å². The van der Waals surface area contributed by atoms with Crippen LogP contribution in [0.25, 0.3) is 11.0 Å². The number of hydrogen-bond donors (Lipinski definition) is 9. The van der Waals surface area contributed by atoms with Gasteiger partial charge in [0.1, 0.15) is 60.7 Å². The van der Waals surface area contributed by atoms with E-state index in [1.807, 2.05) is 4.98 Å². The van der Waals surface area contributed by atoms with E-state index in [-0.39, 0.29) is 19.8 Å². The molecule has 3 aromatic rings. The first-order chi connectivity index (χ1) is 27.3. The van der Waals surface area contributed by atoms with Crippen molar-refractivity contribution in [3.63, 3.8) is 0 Å². The van der Waals surface area contributed by atoms with Crippen LogP contribution in [0.5, 0.6) is 5.75 Å². The molecule has 2 aliphatic rings. The molecule has 11 atom stereocenters. The number of nitrogens with zero attached hydrogens (tertiary/aromatic N) is 2. The molecule has 0 radical (unpaired) electrons. The molecule has 2 fully saturated rings. The van der Waals surface area contributed by atoms with Gasteiger partial charge in [0.2, 0.25) is 0 Å². The lowest BCUT2D eigenvalue weighted by atomic mass is 10.00. The van der Waals surface area contributed by atoms with E-state index in [0.717, 1.165) is 29.4 Å². The molecule has 2 aromatic heterocycles. The number of phosphoric ester groups is 2. The normalized spacial score (nSPS) is 28.2. The minimum absolute atomic E-state index is 0.00183. The fraction of sp³-hybridized carbons (Fsp3) is 0.516. The third kappa shape index (κ3) is 11.7. The molecular formula is C31H40N4O21P2. The number of aromatic nitrogens is 2. The van der Waals surface area contributed by atoms with Gasteiger partial charge in [-0.1, -0.05) is 5.16 Å². The second-order valence-electron chi connectivity index (χ2n) is 12.8. The van der Waals surface area contributed by atoms with E-state index < -0.39 is 100 Å². The maximum absolute atomic E-state index is 12.6. The molecule has 1 amide bonds. The molecule has 0 aliphatic carbocycles. The van der Waals surface area contributed by atoms with Crippen LogP contribution in [0.15, 0.2) is 60.5 Å². The second kappa shape index (κ2) is 19.3. The van der Waals surface area contributed by atoms with Gasteiger partial charge < -0.3 is 64.1 Å². The molecule has 2 aliphatic heterocycles. The molecule has 0 saturated carbocycles. The number of rotatable bonds is 18. The van der Waals surface area contributed by atoms with E-state index in [9.17, 15) is 63.6 Å². The smallest absolute Gasteiger partial charge is 0.483 e. The number of oxime groups is 1. The first kappa shape index (κ1) is 44.9. The second-order valence-corrected chi connectivity index (χ2v) is 15.8. The van der Waals surface area contributed by atoms with E-state index in [1.54, 1.807) is 19.1 Å². The van der Waals surface area contributed by atoms with Crippen molar-refractivity contribution in [1.29, 1.82) is 0 Å². The largest absolute Gasteiger partial charge is 0.484 e. The van der Waals surface area contributed by atoms with Crippen molar-refractivity contribution in [3.8, 4) is 5.75 Å². The summed E-state index contributed by atoms with van der Waals surface area (Å²) < 4.78 is 60.4. The molecule has 0 spiro atoms. The standard InChI is InChI=1S/C31H40N4O21P2/c1-15-10-23(38)52-18-11-16(4-5-17(15)18)49-14-22(37)32-7-2-3-9-50-33-12-19-24(39)26(41)28(43)30(54-19)55-58(47,48)56-57(45,46)51-13-20-25(40)27(42)29(53-20)35-8-6-21(36)34-31(35)44/h4-6,8,10-12,19-20,24-30,39-43H,2-3,7,9,13-14H2,1H3,(H,32,37)(H,45,46)(H,47,48)(H,34,36,44). The molecule has 9 N–H and O–H groups in total. The summed E-state index contributed by atoms with van der Waals surface area (Å²) in [6, 6.07) is 7.14. The highest BCUT2D eigenvalue weighted by Crippen LogP contribution is 2.61. The maximum atomic E-state index is 12.6. The number of unbranched alkanes of at least 4 members (excludes halogenated alkanes) is 1. The molecular weight excluding hydrogens is 826 g/mol. The summed E-state index contributed by atoms with van der Waals surface area (Å²) in [5, 5.41) is 58.4. The van der Waals surface area contributed by atoms with Gasteiger partial charge in [0.05, 0.1) is 12.8 Å². The predicted octanol–water partition coefficient (Wildman–Crippen LogP) is -2.39. The summed E-state index contributed by atoms with van der Waals surface area (Å²) in [6.45, 7) is 0.638. The molecule has 320 valence electrons. The zero-order chi connectivity index (χ0) is 42.4. The molecule has 27 heteroatoms. The summed E-state index contributed by atoms with van der Waals surface area (Å²) in [7, 11) is -11.3. The van der Waals surface area contributed by atoms with Crippen LogP contribution in [0.3, 0.4) is 0 Å². The zero-order valence-corrected chi connectivity index (χ0v) is 31.9. The van der Waals surface area contributed by atoms with Crippen molar-refractivity contribution in [2.24, 2.45) is 5.16 Å². The SMILES string of the molecule is Cc1cc(=O)oc2cc(OCC(=O)NCCCCON=CC3OC(OP(=O)(O)OP(=O)(O)OCC4OC(n5ccc(=O)[nH]c5=O)C(O)C4O)C(O)C(O)C3O)ccc12. The van der Waals surface area contributed by atoms with Gasteiger partial charge in [-0.15, -0.1) is 0 Å². The average Bonchev–Trinajstić information content (AvgIpc) is 3.42. The molecule has 58 heavy (non-hydrogen) atoms. The van der Waals surface area contributed by atoms with Crippen molar-refractivity contribution in [1.82, 2.24) is 14.9 Å². The Labute approximate surface area is 325 Å². The fourth-order valence-electron chi connectivity index (χ4n) is 5.55. The number of aryl methyl sites for hydroxylation is 1. The first-order valence-electron chi connectivity index (χ1n) is 17.2. The summed E-state index contributed by atoms with van der Waals surface area (Å²) in [5.74, 6) is -0.0947. The third-order valence-corrected chi connectivity index (χ3v) is 11.1. The Morgan fingerprint density at radius 2 is 1.72 bits per heavy atom. The van der Waals surface area contributed by atoms with E-state index in [0.29, 0.717) is 28.7 Å². The van der Waals surface area contributed by atoms with Gasteiger partial charge in [-0.2, -0.15) is 4.31 Å². The Balaban J connectivity index is 1.02. The van der Waals surface area contributed by atoms with Crippen LogP contribution in [-0.4, -0.2) is 132 Å². The van der Waals surface area contributed by atoms with Crippen LogP contribution in [0.4, 0.5) is 0 Å². The van der Waals surface area contributed by atoms with Gasteiger partial charge >= 0.3 is 27.0 Å². The molecule has 25 nitrogen and oxygen atoms in total. The lowest BCUT2D eigenvalue weighted by Crippen LogP contribution is -2.58. The number of phosphoric acid groups is 2. The number of aliphatic hydroxyl groups excluding tert-OH is 5. The van der Waals surface area contributed by atoms with Crippen molar-refractivity contribution >= 4 is 38.7 Å². The summed E-state index contributed by atoms with van der Waals surface area (Å²) in [5.41, 5.74) is -1.23. The Bertz CT molecular complexity index is 2210. The minimum atomic E-state index is -5.72. The average molecular weight is 867 g/mol. The lowest BCUT2D eigenvalue weighted by molar-refractivity contribution is -0.259. The topological polar surface area (TPSA) is 367 Å². The molecule has 0 bridgehead atoms. The van der Waals surface area contributed by atoms with Crippen molar-refractivity contribution < 1.29 is 86.1 Å². The lowest BCUT2D eigenvalue weighted by Gasteiger charge is -2.38. The number of amides is 1. The van der Waals surface area contributed by atoms with Gasteiger partial charge in [0, 0.05) is 36.3 Å². The molecule has 5 rings (SSSR count). The van der Waals surface area contributed by atoms with E-state index in [2.05, 4.69) is 23.8 Å². The number of aromatic amines is 1. The van der Waals surface area contributed by atoms with Crippen molar-refractivity contribution in [2.45, 2.75) is 75.0 Å². The van der Waals surface area contributed by atoms with Crippen LogP contribution in [0.2, 0.25) is 0 Å². The number of H-pyrrole nitrogens is 1. The molecule has 4 heterocycles. The monoisotopic (exact) mass is 866 g/mol. The van der Waals surface area contributed by atoms with Crippen LogP contribution in [-0.2, 0) is 41.6 Å². The quantitative estimate of drug-likeness (QED) is 0.0212. The fourth-order valence-corrected chi connectivity index (χ4v) is 7.71. The first-order valence-corrected chi connectivity index (χ1v) is 20.2. The zero-order valence-electron chi connectivity index (χ0n) is 30.1. The number of nitrogens with one attached hydrogen (secondary N) is 2. The highest BCUT2D eigenvalue weighted by molar-refractivity contribution is 7.61. The Morgan fingerprint density at radius 1 is 0.966 bits per heavy atom. The summed E-state index contributed by atoms with van der Waals surface area (Å²) >= 11 is 0. The molecule has 1 aromatic carbocycles. The summed E-state index contributed by atoms with van der Waals surface area (Å²) in [4.78, 5) is 74.3. The van der Waals surface area contributed by atoms with E-state index in [4.69, 9.17) is 23.5 Å². The number of benzene rings is 1. The Hall–Kier alpha value is -4.17. The van der Waals surface area contributed by atoms with Gasteiger partial charge in [0.25, 0.3) is 11.5 Å². The number of ether oxygens (including phenoxy) is 3. The van der Waals surface area contributed by atoms with Crippen LogP contribution >= 0.6 is 15.6 Å². The van der Waals surface area contributed by atoms with Gasteiger partial charge in [-0.25, -0.2) is 18.7 Å². The minimum Gasteiger partial charge on any atom is -0.484 e. The number of fused-ring (bicyclic) bond motifs is 1. The van der Waals surface area contributed by atoms with Crippen molar-refractivity contribution in [3.05, 3.63) is 73.4 Å². The third-order valence-electron chi connectivity index (χ3n) is 8.47. The number of carbonyl (C=O) groups excluding carboxylic acids is 1. The van der Waals surface area contributed by atoms with Crippen LogP contribution in [0, 0.1) is 6.92 Å². The summed E-state index contributed by atoms with van der Waals surface area (Å²) in [6.07, 6.45) is -14.3. The number of aliphatic hydroxyl groups is 5. The molecule has 11 unspecified atom stereocenters. The highest BCUT2D eigenvalue weighted by Gasteiger charge is 2.49. The highest BCUT2D eigenvalue weighted by atomic mass is 31.3. The van der Waals surface area contributed by atoms with Crippen LogP contribution in [0.1, 0.15) is 24.6 Å². The van der Waals surface area contributed by atoms with E-state index in [1.165, 1.54) is 12.1 Å². The van der Waals surface area contributed by atoms with Gasteiger partial charge in [-0.05, 0) is 37.5 Å².